The molecule has 0 atom stereocenters. The van der Waals surface area contributed by atoms with E-state index in [1.165, 1.54) is 23.1 Å². The van der Waals surface area contributed by atoms with E-state index < -0.39 is 5.97 Å². The van der Waals surface area contributed by atoms with Gasteiger partial charge in [-0.2, -0.15) is 15.0 Å². The highest BCUT2D eigenvalue weighted by Gasteiger charge is 2.28. The molecule has 10 heteroatoms. The number of halogens is 2. The molecular weight excluding hydrogens is 535 g/mol. The van der Waals surface area contributed by atoms with E-state index in [0.29, 0.717) is 42.8 Å². The lowest BCUT2D eigenvalue weighted by molar-refractivity contribution is 0.0591. The number of esters is 1. The van der Waals surface area contributed by atoms with Crippen LogP contribution in [0.1, 0.15) is 41.2 Å². The van der Waals surface area contributed by atoms with Crippen LogP contribution in [-0.4, -0.2) is 33.1 Å². The molecule has 0 aliphatic carbocycles. The molecule has 36 heavy (non-hydrogen) atoms. The molecule has 0 spiro atoms. The lowest BCUT2D eigenvalue weighted by Crippen LogP contribution is -2.11. The summed E-state index contributed by atoms with van der Waals surface area (Å²) >= 11 is 15.5. The molecule has 4 rings (SSSR count). The normalized spacial score (nSPS) is 11.1. The first-order valence-electron chi connectivity index (χ1n) is 11.0. The Kier molecular flexibility index (Phi) is 7.76. The summed E-state index contributed by atoms with van der Waals surface area (Å²) in [6.07, 6.45) is 0. The number of hydrogen-bond donors (Lipinski definition) is 0. The zero-order valence-electron chi connectivity index (χ0n) is 20.2. The molecule has 4 aromatic rings. The Labute approximate surface area is 227 Å². The van der Waals surface area contributed by atoms with Crippen molar-refractivity contribution in [2.75, 3.05) is 7.11 Å². The number of carbonyl (C=O) groups excluding carboxylic acids is 1. The molecule has 2 aromatic heterocycles. The van der Waals surface area contributed by atoms with Gasteiger partial charge in [0.05, 0.1) is 44.4 Å². The predicted molar refractivity (Wildman–Crippen MR) is 147 cm³/mol. The van der Waals surface area contributed by atoms with Gasteiger partial charge in [0.25, 0.3) is 0 Å². The SMILES string of the molecule is COC(=O)c1c(-c2cc(C)cc(C#N)c2)c(C)nn1-c1nc(-c2ccc(Cl)c(Cl)c2)c(SC(C)C)s1. The van der Waals surface area contributed by atoms with Crippen LogP contribution in [0.25, 0.3) is 27.5 Å². The van der Waals surface area contributed by atoms with Crippen LogP contribution in [0.3, 0.4) is 0 Å². The first kappa shape index (κ1) is 26.2. The van der Waals surface area contributed by atoms with E-state index >= 15 is 0 Å². The van der Waals surface area contributed by atoms with E-state index in [4.69, 9.17) is 38.0 Å². The van der Waals surface area contributed by atoms with Crippen molar-refractivity contribution < 1.29 is 9.53 Å². The summed E-state index contributed by atoms with van der Waals surface area (Å²) < 4.78 is 7.64. The van der Waals surface area contributed by atoms with E-state index in [9.17, 15) is 10.1 Å². The molecule has 0 bridgehead atoms. The molecule has 0 saturated carbocycles. The molecule has 0 saturated heterocycles. The monoisotopic (exact) mass is 556 g/mol. The van der Waals surface area contributed by atoms with Crippen LogP contribution in [0.15, 0.2) is 40.6 Å². The maximum atomic E-state index is 13.1. The summed E-state index contributed by atoms with van der Waals surface area (Å²) in [6.45, 7) is 7.93. The largest absolute Gasteiger partial charge is 0.464 e. The molecule has 0 amide bonds. The van der Waals surface area contributed by atoms with Crippen molar-refractivity contribution in [3.63, 3.8) is 0 Å². The zero-order chi connectivity index (χ0) is 26.1. The number of thiazole rings is 1. The predicted octanol–water partition coefficient (Wildman–Crippen LogP) is 7.75. The average Bonchev–Trinajstić information content (AvgIpc) is 3.40. The van der Waals surface area contributed by atoms with Crippen LogP contribution >= 0.6 is 46.3 Å². The highest BCUT2D eigenvalue weighted by atomic mass is 35.5. The summed E-state index contributed by atoms with van der Waals surface area (Å²) in [4.78, 5) is 18.0. The van der Waals surface area contributed by atoms with E-state index in [2.05, 4.69) is 19.9 Å². The van der Waals surface area contributed by atoms with E-state index in [1.54, 1.807) is 36.0 Å². The van der Waals surface area contributed by atoms with Gasteiger partial charge in [0.1, 0.15) is 0 Å². The van der Waals surface area contributed by atoms with Crippen molar-refractivity contribution in [1.29, 1.82) is 5.26 Å². The molecule has 184 valence electrons. The molecule has 0 fully saturated rings. The van der Waals surface area contributed by atoms with Crippen LogP contribution < -0.4 is 0 Å². The number of aryl methyl sites for hydroxylation is 2. The van der Waals surface area contributed by atoms with Crippen molar-refractivity contribution in [2.45, 2.75) is 37.2 Å². The molecule has 0 radical (unpaired) electrons. The highest BCUT2D eigenvalue weighted by molar-refractivity contribution is 8.01. The Hall–Kier alpha value is -2.83. The average molecular weight is 558 g/mol. The van der Waals surface area contributed by atoms with Crippen molar-refractivity contribution in [1.82, 2.24) is 14.8 Å². The zero-order valence-corrected chi connectivity index (χ0v) is 23.4. The number of aromatic nitrogens is 3. The van der Waals surface area contributed by atoms with Crippen LogP contribution in [0, 0.1) is 25.2 Å². The topological polar surface area (TPSA) is 80.8 Å². The van der Waals surface area contributed by atoms with E-state index in [-0.39, 0.29) is 5.69 Å². The van der Waals surface area contributed by atoms with Crippen molar-refractivity contribution in [2.24, 2.45) is 0 Å². The third-order valence-corrected chi connectivity index (χ3v) is 8.22. The second kappa shape index (κ2) is 10.7. The van der Waals surface area contributed by atoms with Crippen LogP contribution in [0.5, 0.6) is 0 Å². The molecule has 0 unspecified atom stereocenters. The lowest BCUT2D eigenvalue weighted by atomic mass is 9.99. The Balaban J connectivity index is 1.96. The van der Waals surface area contributed by atoms with Gasteiger partial charge >= 0.3 is 5.97 Å². The van der Waals surface area contributed by atoms with Gasteiger partial charge in [-0.3, -0.25) is 0 Å². The number of methoxy groups -OCH3 is 1. The summed E-state index contributed by atoms with van der Waals surface area (Å²) in [5, 5.41) is 15.9. The quantitative estimate of drug-likeness (QED) is 0.178. The highest BCUT2D eigenvalue weighted by Crippen LogP contribution is 2.42. The number of ether oxygens (including phenoxy) is 1. The molecule has 6 nitrogen and oxygen atoms in total. The van der Waals surface area contributed by atoms with Crippen molar-refractivity contribution in [3.8, 4) is 33.6 Å². The Morgan fingerprint density at radius 3 is 2.53 bits per heavy atom. The Bertz CT molecular complexity index is 1520. The van der Waals surface area contributed by atoms with Crippen LogP contribution in [0.4, 0.5) is 0 Å². The molecule has 2 heterocycles. The third kappa shape index (κ3) is 5.16. The van der Waals surface area contributed by atoms with Crippen molar-refractivity contribution in [3.05, 3.63) is 69.0 Å². The molecule has 0 aliphatic heterocycles. The number of hydrogen-bond acceptors (Lipinski definition) is 7. The van der Waals surface area contributed by atoms with E-state index in [0.717, 1.165) is 21.0 Å². The van der Waals surface area contributed by atoms with Crippen LogP contribution in [-0.2, 0) is 4.74 Å². The van der Waals surface area contributed by atoms with Gasteiger partial charge in [0, 0.05) is 16.4 Å². The van der Waals surface area contributed by atoms with Gasteiger partial charge in [0.15, 0.2) is 5.69 Å². The first-order valence-corrected chi connectivity index (χ1v) is 13.4. The number of rotatable bonds is 6. The van der Waals surface area contributed by atoms with E-state index in [1.807, 2.05) is 26.0 Å². The minimum atomic E-state index is -0.546. The second-order valence-electron chi connectivity index (χ2n) is 8.34. The molecule has 0 aliphatic rings. The third-order valence-electron chi connectivity index (χ3n) is 5.24. The lowest BCUT2D eigenvalue weighted by Gasteiger charge is -2.07. The van der Waals surface area contributed by atoms with Crippen LogP contribution in [0.2, 0.25) is 10.0 Å². The van der Waals surface area contributed by atoms with Crippen molar-refractivity contribution >= 4 is 52.3 Å². The molecular formula is C26H22Cl2N4O2S2. The molecule has 0 N–H and O–H groups in total. The maximum absolute atomic E-state index is 13.1. The smallest absolute Gasteiger partial charge is 0.357 e. The summed E-state index contributed by atoms with van der Waals surface area (Å²) in [5.74, 6) is -0.546. The number of nitriles is 1. The number of nitrogens with zero attached hydrogens (tertiary/aromatic N) is 4. The Morgan fingerprint density at radius 2 is 1.89 bits per heavy atom. The first-order chi connectivity index (χ1) is 17.1. The van der Waals surface area contributed by atoms with Gasteiger partial charge in [-0.05, 0) is 49.2 Å². The van der Waals surface area contributed by atoms with Gasteiger partial charge in [-0.15, -0.1) is 11.8 Å². The van der Waals surface area contributed by atoms with Gasteiger partial charge in [-0.25, -0.2) is 9.78 Å². The van der Waals surface area contributed by atoms with Gasteiger partial charge in [-0.1, -0.05) is 60.5 Å². The minimum Gasteiger partial charge on any atom is -0.464 e. The number of thioether (sulfide) groups is 1. The fourth-order valence-corrected chi connectivity index (χ4v) is 6.57. The summed E-state index contributed by atoms with van der Waals surface area (Å²) in [7, 11) is 1.33. The number of carbonyl (C=O) groups is 1. The van der Waals surface area contributed by atoms with Gasteiger partial charge in [0.2, 0.25) is 5.13 Å². The fourth-order valence-electron chi connectivity index (χ4n) is 3.79. The Morgan fingerprint density at radius 1 is 1.14 bits per heavy atom. The van der Waals surface area contributed by atoms with Gasteiger partial charge < -0.3 is 4.74 Å². The standard InChI is InChI=1S/C26H22Cl2N4O2S2/c1-13(2)35-25-22(17-6-7-19(27)20(28)11-17)30-26(36-25)32-23(24(33)34-5)21(15(4)31-32)18-9-14(3)8-16(10-18)12-29/h6-11,13H,1-5H3. The summed E-state index contributed by atoms with van der Waals surface area (Å²) in [5.41, 5.74) is 5.14. The fraction of sp³-hybridized carbons (Fsp3) is 0.231. The summed E-state index contributed by atoms with van der Waals surface area (Å²) in [6, 6.07) is 13.0. The number of benzene rings is 2. The molecule has 2 aromatic carbocycles. The maximum Gasteiger partial charge on any atom is 0.357 e. The minimum absolute atomic E-state index is 0.250. The second-order valence-corrected chi connectivity index (χ2v) is 12.0.